The molecule has 25 heavy (non-hydrogen) atoms. The van der Waals surface area contributed by atoms with Gasteiger partial charge in [-0.05, 0) is 30.7 Å². The number of carbonyl (C=O) groups is 1. The molecule has 132 valence electrons. The molecular formula is C19H21Cl2N3O. The standard InChI is InChI=1S/C19H21Cl2N3O/c1-14-2-4-15(5-3-14)13-23-8-10-24(11-9-23)19(25)22-18-12-16(20)6-7-17(18)21/h2-7,12H,8-11,13H2,1H3,(H,22,25). The molecule has 0 atom stereocenters. The third-order valence-corrected chi connectivity index (χ3v) is 4.92. The Labute approximate surface area is 158 Å². The van der Waals surface area contributed by atoms with Crippen molar-refractivity contribution < 1.29 is 4.79 Å². The Morgan fingerprint density at radius 3 is 2.40 bits per heavy atom. The molecule has 4 nitrogen and oxygen atoms in total. The summed E-state index contributed by atoms with van der Waals surface area (Å²) in [5.41, 5.74) is 3.11. The maximum absolute atomic E-state index is 12.4. The summed E-state index contributed by atoms with van der Waals surface area (Å²) in [5.74, 6) is 0. The molecule has 1 aliphatic heterocycles. The van der Waals surface area contributed by atoms with Gasteiger partial charge in [-0.2, -0.15) is 0 Å². The summed E-state index contributed by atoms with van der Waals surface area (Å²) in [6, 6.07) is 13.5. The van der Waals surface area contributed by atoms with Crippen LogP contribution in [0.25, 0.3) is 0 Å². The van der Waals surface area contributed by atoms with E-state index in [2.05, 4.69) is 41.4 Å². The van der Waals surface area contributed by atoms with Gasteiger partial charge < -0.3 is 10.2 Å². The Morgan fingerprint density at radius 1 is 1.04 bits per heavy atom. The fraction of sp³-hybridized carbons (Fsp3) is 0.316. The number of anilines is 1. The van der Waals surface area contributed by atoms with E-state index in [9.17, 15) is 4.79 Å². The fourth-order valence-corrected chi connectivity index (χ4v) is 3.19. The first-order chi connectivity index (χ1) is 12.0. The molecule has 0 bridgehead atoms. The van der Waals surface area contributed by atoms with E-state index in [0.29, 0.717) is 28.8 Å². The number of urea groups is 1. The minimum atomic E-state index is -0.140. The first kappa shape index (κ1) is 18.1. The first-order valence-electron chi connectivity index (χ1n) is 8.30. The van der Waals surface area contributed by atoms with Crippen LogP contribution in [0.5, 0.6) is 0 Å². The molecule has 1 fully saturated rings. The number of nitrogens with one attached hydrogen (secondary N) is 1. The average Bonchev–Trinajstić information content (AvgIpc) is 2.61. The minimum absolute atomic E-state index is 0.140. The van der Waals surface area contributed by atoms with E-state index in [4.69, 9.17) is 23.2 Å². The summed E-state index contributed by atoms with van der Waals surface area (Å²) < 4.78 is 0. The second-order valence-electron chi connectivity index (χ2n) is 6.30. The lowest BCUT2D eigenvalue weighted by Gasteiger charge is -2.34. The van der Waals surface area contributed by atoms with E-state index < -0.39 is 0 Å². The summed E-state index contributed by atoms with van der Waals surface area (Å²) in [5, 5.41) is 3.87. The first-order valence-corrected chi connectivity index (χ1v) is 9.06. The van der Waals surface area contributed by atoms with Crippen LogP contribution < -0.4 is 5.32 Å². The summed E-state index contributed by atoms with van der Waals surface area (Å²) >= 11 is 12.1. The van der Waals surface area contributed by atoms with Gasteiger partial charge in [-0.1, -0.05) is 53.0 Å². The summed E-state index contributed by atoms with van der Waals surface area (Å²) in [4.78, 5) is 16.6. The summed E-state index contributed by atoms with van der Waals surface area (Å²) in [6.07, 6.45) is 0. The Morgan fingerprint density at radius 2 is 1.72 bits per heavy atom. The lowest BCUT2D eigenvalue weighted by Crippen LogP contribution is -2.49. The van der Waals surface area contributed by atoms with Gasteiger partial charge in [-0.25, -0.2) is 4.79 Å². The highest BCUT2D eigenvalue weighted by atomic mass is 35.5. The summed E-state index contributed by atoms with van der Waals surface area (Å²) in [7, 11) is 0. The predicted octanol–water partition coefficient (Wildman–Crippen LogP) is 4.65. The van der Waals surface area contributed by atoms with Crippen molar-refractivity contribution in [2.75, 3.05) is 31.5 Å². The number of hydrogen-bond acceptors (Lipinski definition) is 2. The molecule has 0 spiro atoms. The Balaban J connectivity index is 1.52. The van der Waals surface area contributed by atoms with E-state index in [1.54, 1.807) is 18.2 Å². The van der Waals surface area contributed by atoms with Crippen LogP contribution in [0.3, 0.4) is 0 Å². The number of rotatable bonds is 3. The molecule has 2 aromatic carbocycles. The van der Waals surface area contributed by atoms with Gasteiger partial charge in [0, 0.05) is 37.7 Å². The van der Waals surface area contributed by atoms with E-state index in [1.165, 1.54) is 11.1 Å². The van der Waals surface area contributed by atoms with Crippen LogP contribution in [-0.4, -0.2) is 42.0 Å². The van der Waals surface area contributed by atoms with Crippen LogP contribution in [0, 0.1) is 6.92 Å². The zero-order valence-electron chi connectivity index (χ0n) is 14.1. The van der Waals surface area contributed by atoms with Crippen LogP contribution in [0.4, 0.5) is 10.5 Å². The van der Waals surface area contributed by atoms with Crippen LogP contribution in [0.1, 0.15) is 11.1 Å². The highest BCUT2D eigenvalue weighted by molar-refractivity contribution is 6.35. The van der Waals surface area contributed by atoms with Gasteiger partial charge in [0.15, 0.2) is 0 Å². The number of carbonyl (C=O) groups excluding carboxylic acids is 1. The number of amides is 2. The van der Waals surface area contributed by atoms with Gasteiger partial charge in [0.25, 0.3) is 0 Å². The number of halogens is 2. The molecule has 0 aromatic heterocycles. The third-order valence-electron chi connectivity index (χ3n) is 4.36. The van der Waals surface area contributed by atoms with Crippen molar-refractivity contribution in [1.29, 1.82) is 0 Å². The van der Waals surface area contributed by atoms with Crippen LogP contribution in [-0.2, 0) is 6.54 Å². The second-order valence-corrected chi connectivity index (χ2v) is 7.15. The molecule has 2 aromatic rings. The van der Waals surface area contributed by atoms with Crippen LogP contribution in [0.15, 0.2) is 42.5 Å². The molecule has 0 unspecified atom stereocenters. The molecule has 1 N–H and O–H groups in total. The van der Waals surface area contributed by atoms with Gasteiger partial charge in [-0.3, -0.25) is 4.90 Å². The molecule has 0 radical (unpaired) electrons. The number of hydrogen-bond donors (Lipinski definition) is 1. The molecular weight excluding hydrogens is 357 g/mol. The molecule has 2 amide bonds. The Bertz CT molecular complexity index is 741. The van der Waals surface area contributed by atoms with Gasteiger partial charge in [0.05, 0.1) is 10.7 Å². The van der Waals surface area contributed by atoms with E-state index >= 15 is 0 Å². The van der Waals surface area contributed by atoms with Gasteiger partial charge in [0.2, 0.25) is 0 Å². The lowest BCUT2D eigenvalue weighted by molar-refractivity contribution is 0.143. The van der Waals surface area contributed by atoms with Crippen molar-refractivity contribution in [3.05, 3.63) is 63.6 Å². The minimum Gasteiger partial charge on any atom is -0.322 e. The smallest absolute Gasteiger partial charge is 0.321 e. The summed E-state index contributed by atoms with van der Waals surface area (Å²) in [6.45, 7) is 6.09. The van der Waals surface area contributed by atoms with Crippen molar-refractivity contribution in [3.8, 4) is 0 Å². The van der Waals surface area contributed by atoms with Crippen LogP contribution >= 0.6 is 23.2 Å². The number of piperazine rings is 1. The van der Waals surface area contributed by atoms with Crippen molar-refractivity contribution in [3.63, 3.8) is 0 Å². The zero-order valence-corrected chi connectivity index (χ0v) is 15.6. The van der Waals surface area contributed by atoms with Gasteiger partial charge >= 0.3 is 6.03 Å². The van der Waals surface area contributed by atoms with Crippen molar-refractivity contribution in [1.82, 2.24) is 9.80 Å². The maximum Gasteiger partial charge on any atom is 0.321 e. The predicted molar refractivity (Wildman–Crippen MR) is 104 cm³/mol. The molecule has 1 aliphatic rings. The molecule has 1 heterocycles. The molecule has 0 saturated carbocycles. The third kappa shape index (κ3) is 4.88. The van der Waals surface area contributed by atoms with E-state index in [1.807, 2.05) is 4.90 Å². The Kier molecular flexibility index (Phi) is 5.84. The largest absolute Gasteiger partial charge is 0.322 e. The van der Waals surface area contributed by atoms with Crippen molar-refractivity contribution in [2.24, 2.45) is 0 Å². The topological polar surface area (TPSA) is 35.6 Å². The highest BCUT2D eigenvalue weighted by Gasteiger charge is 2.21. The zero-order chi connectivity index (χ0) is 17.8. The fourth-order valence-electron chi connectivity index (χ4n) is 2.85. The van der Waals surface area contributed by atoms with Gasteiger partial charge in [-0.15, -0.1) is 0 Å². The molecule has 3 rings (SSSR count). The van der Waals surface area contributed by atoms with Crippen molar-refractivity contribution >= 4 is 34.9 Å². The van der Waals surface area contributed by atoms with Crippen LogP contribution in [0.2, 0.25) is 10.0 Å². The van der Waals surface area contributed by atoms with E-state index in [-0.39, 0.29) is 6.03 Å². The van der Waals surface area contributed by atoms with Crippen molar-refractivity contribution in [2.45, 2.75) is 13.5 Å². The normalized spacial score (nSPS) is 15.2. The SMILES string of the molecule is Cc1ccc(CN2CCN(C(=O)Nc3cc(Cl)ccc3Cl)CC2)cc1. The maximum atomic E-state index is 12.4. The quantitative estimate of drug-likeness (QED) is 0.844. The molecule has 1 saturated heterocycles. The number of aryl methyl sites for hydroxylation is 1. The highest BCUT2D eigenvalue weighted by Crippen LogP contribution is 2.25. The second kappa shape index (κ2) is 8.09. The van der Waals surface area contributed by atoms with Gasteiger partial charge in [0.1, 0.15) is 0 Å². The molecule has 0 aliphatic carbocycles. The Hall–Kier alpha value is -1.75. The number of benzene rings is 2. The number of nitrogens with zero attached hydrogens (tertiary/aromatic N) is 2. The molecule has 6 heteroatoms. The lowest BCUT2D eigenvalue weighted by atomic mass is 10.1. The monoisotopic (exact) mass is 377 g/mol. The average molecular weight is 378 g/mol. The van der Waals surface area contributed by atoms with E-state index in [0.717, 1.165) is 19.6 Å².